The Morgan fingerprint density at radius 3 is 2.69 bits per heavy atom. The van der Waals surface area contributed by atoms with Gasteiger partial charge in [-0.15, -0.1) is 0 Å². The number of anilines is 2. The molecular formula is C20H27ClN4O4. The third kappa shape index (κ3) is 4.00. The Kier molecular flexibility index (Phi) is 5.57. The zero-order valence-electron chi connectivity index (χ0n) is 16.3. The van der Waals surface area contributed by atoms with Crippen LogP contribution in [0.25, 0.3) is 0 Å². The Morgan fingerprint density at radius 1 is 1.24 bits per heavy atom. The molecule has 1 spiro atoms. The summed E-state index contributed by atoms with van der Waals surface area (Å²) < 4.78 is 0. The van der Waals surface area contributed by atoms with Gasteiger partial charge in [0, 0.05) is 25.7 Å². The van der Waals surface area contributed by atoms with Crippen molar-refractivity contribution in [3.8, 4) is 0 Å². The molecular weight excluding hydrogens is 396 g/mol. The largest absolute Gasteiger partial charge is 0.465 e. The zero-order valence-corrected chi connectivity index (χ0v) is 17.1. The number of nitrogens with zero attached hydrogens (tertiary/aromatic N) is 3. The number of likely N-dealkylation sites (tertiary alicyclic amines) is 1. The summed E-state index contributed by atoms with van der Waals surface area (Å²) in [5.41, 5.74) is -0.0855. The van der Waals surface area contributed by atoms with Crippen molar-refractivity contribution in [1.82, 2.24) is 9.88 Å². The van der Waals surface area contributed by atoms with E-state index < -0.39 is 11.5 Å². The number of aromatic nitrogens is 1. The van der Waals surface area contributed by atoms with Crippen LogP contribution >= 0.6 is 11.6 Å². The topological polar surface area (TPSA) is 106 Å². The number of amides is 2. The number of hydrogen-bond acceptors (Lipinski definition) is 5. The molecule has 158 valence electrons. The molecule has 2 saturated heterocycles. The first-order valence-corrected chi connectivity index (χ1v) is 10.7. The lowest BCUT2D eigenvalue weighted by atomic mass is 9.78. The minimum Gasteiger partial charge on any atom is -0.465 e. The highest BCUT2D eigenvalue weighted by Crippen LogP contribution is 2.44. The highest BCUT2D eigenvalue weighted by Gasteiger charge is 2.51. The molecule has 9 heteroatoms. The summed E-state index contributed by atoms with van der Waals surface area (Å²) >= 11 is 6.39. The average molecular weight is 423 g/mol. The Morgan fingerprint density at radius 2 is 2.00 bits per heavy atom. The monoisotopic (exact) mass is 422 g/mol. The third-order valence-corrected chi connectivity index (χ3v) is 6.88. The van der Waals surface area contributed by atoms with Gasteiger partial charge in [-0.05, 0) is 51.0 Å². The summed E-state index contributed by atoms with van der Waals surface area (Å²) in [6.07, 6.45) is 5.92. The molecule has 29 heavy (non-hydrogen) atoms. The van der Waals surface area contributed by atoms with E-state index >= 15 is 0 Å². The second kappa shape index (κ2) is 7.99. The van der Waals surface area contributed by atoms with Gasteiger partial charge in [-0.1, -0.05) is 11.6 Å². The molecule has 4 rings (SSSR count). The molecule has 1 aliphatic carbocycles. The van der Waals surface area contributed by atoms with Gasteiger partial charge in [-0.2, -0.15) is 0 Å². The number of halogens is 1. The minimum absolute atomic E-state index is 0.226. The van der Waals surface area contributed by atoms with Crippen LogP contribution in [0, 0.1) is 5.41 Å². The van der Waals surface area contributed by atoms with Gasteiger partial charge < -0.3 is 20.0 Å². The van der Waals surface area contributed by atoms with Gasteiger partial charge in [0.25, 0.3) is 0 Å². The van der Waals surface area contributed by atoms with Crippen molar-refractivity contribution in [2.24, 2.45) is 5.41 Å². The molecule has 3 aliphatic rings. The number of carbonyl (C=O) groups is 2. The molecule has 0 radical (unpaired) electrons. The number of carbonyl (C=O) groups excluding carboxylic acids is 1. The fraction of sp³-hybridized carbons (Fsp3) is 0.650. The Hall–Kier alpha value is -2.06. The van der Waals surface area contributed by atoms with E-state index in [-0.39, 0.29) is 18.1 Å². The SMILES string of the molecule is O=C(O)Nc1cnc(N2CCC[C@]3(CCN([C@H]4CC[C@@H](O)CC4)C3=O)C2)c(Cl)c1. The summed E-state index contributed by atoms with van der Waals surface area (Å²) in [5.74, 6) is 0.817. The number of carboxylic acid groups (broad SMARTS) is 1. The van der Waals surface area contributed by atoms with Crippen LogP contribution in [-0.2, 0) is 4.79 Å². The highest BCUT2D eigenvalue weighted by atomic mass is 35.5. The second-order valence-corrected chi connectivity index (χ2v) is 8.88. The number of piperidine rings is 1. The molecule has 1 atom stereocenters. The smallest absolute Gasteiger partial charge is 0.409 e. The van der Waals surface area contributed by atoms with Crippen LogP contribution in [0.15, 0.2) is 12.3 Å². The molecule has 1 saturated carbocycles. The second-order valence-electron chi connectivity index (χ2n) is 8.48. The molecule has 0 unspecified atom stereocenters. The van der Waals surface area contributed by atoms with Crippen LogP contribution < -0.4 is 10.2 Å². The maximum atomic E-state index is 13.4. The number of rotatable bonds is 3. The van der Waals surface area contributed by atoms with Crippen molar-refractivity contribution < 1.29 is 19.8 Å². The van der Waals surface area contributed by atoms with E-state index in [0.29, 0.717) is 23.1 Å². The van der Waals surface area contributed by atoms with E-state index in [1.807, 2.05) is 4.90 Å². The minimum atomic E-state index is -1.17. The first kappa shape index (κ1) is 20.2. The fourth-order valence-electron chi connectivity index (χ4n) is 5.11. The Balaban J connectivity index is 1.48. The van der Waals surface area contributed by atoms with Crippen molar-refractivity contribution >= 4 is 35.1 Å². The van der Waals surface area contributed by atoms with Gasteiger partial charge in [0.2, 0.25) is 5.91 Å². The van der Waals surface area contributed by atoms with Gasteiger partial charge in [0.15, 0.2) is 0 Å². The van der Waals surface area contributed by atoms with Crippen LogP contribution in [0.5, 0.6) is 0 Å². The Bertz CT molecular complexity index is 799. The van der Waals surface area contributed by atoms with E-state index in [9.17, 15) is 14.7 Å². The zero-order chi connectivity index (χ0) is 20.6. The van der Waals surface area contributed by atoms with Crippen molar-refractivity contribution in [3.63, 3.8) is 0 Å². The molecule has 3 N–H and O–H groups in total. The number of aliphatic hydroxyl groups is 1. The lowest BCUT2D eigenvalue weighted by molar-refractivity contribution is -0.139. The molecule has 1 aromatic heterocycles. The standard InChI is InChI=1S/C20H27ClN4O4/c21-16-10-13(23-19(28)29)11-22-17(16)24-8-1-6-20(12-24)7-9-25(18(20)27)14-2-4-15(26)5-3-14/h10-11,14-15,23,26H,1-9,12H2,(H,28,29)/t14-,15+,20-/m0/s1. The lowest BCUT2D eigenvalue weighted by Crippen LogP contribution is -2.50. The fourth-order valence-corrected chi connectivity index (χ4v) is 5.40. The molecule has 0 aromatic carbocycles. The van der Waals surface area contributed by atoms with Crippen molar-refractivity contribution in [2.45, 2.75) is 57.1 Å². The molecule has 2 aliphatic heterocycles. The van der Waals surface area contributed by atoms with Crippen LogP contribution in [0.3, 0.4) is 0 Å². The molecule has 2 amide bonds. The van der Waals surface area contributed by atoms with Crippen LogP contribution in [-0.4, -0.2) is 63.9 Å². The number of pyridine rings is 1. The van der Waals surface area contributed by atoms with Crippen LogP contribution in [0.2, 0.25) is 5.02 Å². The summed E-state index contributed by atoms with van der Waals surface area (Å²) in [6, 6.07) is 1.79. The van der Waals surface area contributed by atoms with Crippen molar-refractivity contribution in [3.05, 3.63) is 17.3 Å². The summed E-state index contributed by atoms with van der Waals surface area (Å²) in [4.78, 5) is 32.7. The van der Waals surface area contributed by atoms with Gasteiger partial charge >= 0.3 is 6.09 Å². The van der Waals surface area contributed by atoms with E-state index in [1.54, 1.807) is 6.07 Å². The summed E-state index contributed by atoms with van der Waals surface area (Å²) in [6.45, 7) is 2.12. The Labute approximate surface area is 174 Å². The molecule has 1 aromatic rings. The van der Waals surface area contributed by atoms with Crippen LogP contribution in [0.1, 0.15) is 44.9 Å². The highest BCUT2D eigenvalue weighted by molar-refractivity contribution is 6.33. The normalized spacial score (nSPS) is 30.1. The first-order chi connectivity index (χ1) is 13.9. The molecule has 3 fully saturated rings. The van der Waals surface area contributed by atoms with Crippen LogP contribution in [0.4, 0.5) is 16.3 Å². The van der Waals surface area contributed by atoms with Gasteiger partial charge in [0.1, 0.15) is 5.82 Å². The predicted octanol–water partition coefficient (Wildman–Crippen LogP) is 2.95. The van der Waals surface area contributed by atoms with E-state index in [0.717, 1.165) is 58.0 Å². The van der Waals surface area contributed by atoms with E-state index in [4.69, 9.17) is 16.7 Å². The average Bonchev–Trinajstić information content (AvgIpc) is 2.98. The molecule has 3 heterocycles. The number of nitrogens with one attached hydrogen (secondary N) is 1. The maximum absolute atomic E-state index is 13.4. The first-order valence-electron chi connectivity index (χ1n) is 10.3. The quantitative estimate of drug-likeness (QED) is 0.691. The van der Waals surface area contributed by atoms with Crippen molar-refractivity contribution in [1.29, 1.82) is 0 Å². The number of aliphatic hydroxyl groups excluding tert-OH is 1. The van der Waals surface area contributed by atoms with Gasteiger partial charge in [0.05, 0.1) is 28.4 Å². The third-order valence-electron chi connectivity index (χ3n) is 6.60. The molecule has 0 bridgehead atoms. The summed E-state index contributed by atoms with van der Waals surface area (Å²) in [5, 5.41) is 21.2. The number of hydrogen-bond donors (Lipinski definition) is 3. The lowest BCUT2D eigenvalue weighted by Gasteiger charge is -2.41. The molecule has 8 nitrogen and oxygen atoms in total. The van der Waals surface area contributed by atoms with Gasteiger partial charge in [-0.3, -0.25) is 10.1 Å². The predicted molar refractivity (Wildman–Crippen MR) is 109 cm³/mol. The van der Waals surface area contributed by atoms with E-state index in [1.165, 1.54) is 6.20 Å². The van der Waals surface area contributed by atoms with Gasteiger partial charge in [-0.25, -0.2) is 9.78 Å². The maximum Gasteiger partial charge on any atom is 0.409 e. The van der Waals surface area contributed by atoms with E-state index in [2.05, 4.69) is 15.2 Å². The van der Waals surface area contributed by atoms with Crippen molar-refractivity contribution in [2.75, 3.05) is 29.9 Å². The summed E-state index contributed by atoms with van der Waals surface area (Å²) in [7, 11) is 0.